The lowest BCUT2D eigenvalue weighted by molar-refractivity contribution is 0.673. The molecule has 0 aliphatic carbocycles. The summed E-state index contributed by atoms with van der Waals surface area (Å²) in [5, 5.41) is 10.1. The Balaban J connectivity index is 1.05. The molecular weight excluding hydrogens is 793 g/mol. The number of aromatic nitrogens is 4. The summed E-state index contributed by atoms with van der Waals surface area (Å²) in [6.07, 6.45) is 0. The molecule has 0 aliphatic heterocycles. The fraction of sp³-hybridized carbons (Fsp3) is 0. The lowest BCUT2D eigenvalue weighted by Crippen LogP contribution is -2.04. The Morgan fingerprint density at radius 2 is 1.03 bits per heavy atom. The first kappa shape index (κ1) is 35.8. The Bertz CT molecular complexity index is 4250. The predicted molar refractivity (Wildman–Crippen MR) is 269 cm³/mol. The van der Waals surface area contributed by atoms with E-state index >= 15 is 0 Å². The van der Waals surface area contributed by atoms with E-state index in [9.17, 15) is 0 Å². The maximum Gasteiger partial charge on any atom is 0.235 e. The van der Waals surface area contributed by atoms with E-state index in [4.69, 9.17) is 14.4 Å². The minimum absolute atomic E-state index is 0.602. The van der Waals surface area contributed by atoms with Crippen LogP contribution < -0.4 is 0 Å². The Hall–Kier alpha value is -8.80. The number of furan rings is 1. The van der Waals surface area contributed by atoms with Crippen LogP contribution >= 0.6 is 0 Å². The van der Waals surface area contributed by atoms with Crippen molar-refractivity contribution in [1.82, 2.24) is 19.1 Å². The number of rotatable bonds is 5. The van der Waals surface area contributed by atoms with Crippen molar-refractivity contribution in [2.45, 2.75) is 0 Å². The highest BCUT2D eigenvalue weighted by Gasteiger charge is 2.25. The molecule has 0 saturated carbocycles. The summed E-state index contributed by atoms with van der Waals surface area (Å²) in [6, 6.07) is 77.9. The van der Waals surface area contributed by atoms with Crippen molar-refractivity contribution >= 4 is 87.2 Å². The van der Waals surface area contributed by atoms with Gasteiger partial charge in [0.25, 0.3) is 0 Å². The van der Waals surface area contributed by atoms with Crippen LogP contribution in [0.1, 0.15) is 0 Å². The van der Waals surface area contributed by atoms with Crippen LogP contribution in [-0.2, 0) is 0 Å². The van der Waals surface area contributed by atoms with Crippen molar-refractivity contribution in [2.75, 3.05) is 0 Å². The first-order valence-electron chi connectivity index (χ1n) is 22.1. The number of benzene rings is 10. The van der Waals surface area contributed by atoms with Gasteiger partial charge in [-0.25, -0.2) is 9.97 Å². The third-order valence-corrected chi connectivity index (χ3v) is 13.3. The second-order valence-corrected chi connectivity index (χ2v) is 16.9. The number of nitrogens with zero attached hydrogens (tertiary/aromatic N) is 4. The number of hydrogen-bond acceptors (Lipinski definition) is 3. The summed E-state index contributed by atoms with van der Waals surface area (Å²) in [4.78, 5) is 10.9. The standard InChI is InChI=1S/C60H36N4O/c1-2-19-43(20-3-1)63-52-26-11-7-21-44(52)45-32-31-40(35-54(45)63)39-17-14-18-41(33-39)49-36-50-46-22-9-13-28-55(46)65-59(50)56-48-24-8-12-27-53(48)64(58(49)56)60-61-51-25-10-6-23-47(51)57(62-60)42-30-29-37-15-4-5-16-38(37)34-42/h1-36H. The fourth-order valence-corrected chi connectivity index (χ4v) is 10.4. The second-order valence-electron chi connectivity index (χ2n) is 16.9. The molecule has 4 heterocycles. The number of hydrogen-bond donors (Lipinski definition) is 0. The van der Waals surface area contributed by atoms with Crippen LogP contribution in [0.5, 0.6) is 0 Å². The van der Waals surface area contributed by atoms with Gasteiger partial charge in [0.2, 0.25) is 5.95 Å². The van der Waals surface area contributed by atoms with Gasteiger partial charge in [-0.05, 0) is 88.1 Å². The molecule has 10 aromatic carbocycles. The molecule has 4 aromatic heterocycles. The molecule has 0 spiro atoms. The van der Waals surface area contributed by atoms with E-state index in [0.717, 1.165) is 93.8 Å². The zero-order valence-corrected chi connectivity index (χ0v) is 35.0. The summed E-state index contributed by atoms with van der Waals surface area (Å²) < 4.78 is 11.5. The van der Waals surface area contributed by atoms with Crippen molar-refractivity contribution in [3.8, 4) is 45.1 Å². The van der Waals surface area contributed by atoms with Gasteiger partial charge < -0.3 is 8.98 Å². The highest BCUT2D eigenvalue weighted by molar-refractivity contribution is 6.27. The normalized spacial score (nSPS) is 12.0. The van der Waals surface area contributed by atoms with Gasteiger partial charge in [0.1, 0.15) is 11.2 Å². The van der Waals surface area contributed by atoms with Crippen LogP contribution in [0.15, 0.2) is 223 Å². The summed E-state index contributed by atoms with van der Waals surface area (Å²) in [5.41, 5.74) is 14.4. The van der Waals surface area contributed by atoms with Crippen molar-refractivity contribution in [2.24, 2.45) is 0 Å². The molecule has 0 fully saturated rings. The summed E-state index contributed by atoms with van der Waals surface area (Å²) in [6.45, 7) is 0. The topological polar surface area (TPSA) is 48.8 Å². The molecule has 0 radical (unpaired) electrons. The van der Waals surface area contributed by atoms with Crippen molar-refractivity contribution in [3.63, 3.8) is 0 Å². The van der Waals surface area contributed by atoms with Crippen LogP contribution in [0.25, 0.3) is 132 Å². The van der Waals surface area contributed by atoms with Gasteiger partial charge in [0, 0.05) is 49.1 Å². The summed E-state index contributed by atoms with van der Waals surface area (Å²) in [5.74, 6) is 0.602. The van der Waals surface area contributed by atoms with Gasteiger partial charge in [-0.3, -0.25) is 4.57 Å². The summed E-state index contributed by atoms with van der Waals surface area (Å²) >= 11 is 0. The van der Waals surface area contributed by atoms with Gasteiger partial charge in [-0.2, -0.15) is 0 Å². The minimum Gasteiger partial charge on any atom is -0.455 e. The van der Waals surface area contributed by atoms with Gasteiger partial charge in [-0.15, -0.1) is 0 Å². The first-order valence-corrected chi connectivity index (χ1v) is 22.1. The molecular formula is C60H36N4O. The summed E-state index contributed by atoms with van der Waals surface area (Å²) in [7, 11) is 0. The van der Waals surface area contributed by atoms with Crippen molar-refractivity contribution in [1.29, 1.82) is 0 Å². The SMILES string of the molecule is c1ccc(-n2c3ccccc3c3ccc(-c4cccc(-c5cc6c7ccccc7oc6c6c7ccccc7n(-c7nc(-c8ccc9ccccc9c8)c8ccccc8n7)c56)c4)cc32)cc1. The van der Waals surface area contributed by atoms with Gasteiger partial charge in [0.15, 0.2) is 0 Å². The van der Waals surface area contributed by atoms with Crippen LogP contribution in [0.4, 0.5) is 0 Å². The van der Waals surface area contributed by atoms with Gasteiger partial charge >= 0.3 is 0 Å². The zero-order chi connectivity index (χ0) is 42.6. The van der Waals surface area contributed by atoms with Crippen molar-refractivity contribution < 1.29 is 4.42 Å². The van der Waals surface area contributed by atoms with E-state index < -0.39 is 0 Å². The van der Waals surface area contributed by atoms with Crippen LogP contribution in [0.3, 0.4) is 0 Å². The van der Waals surface area contributed by atoms with E-state index in [0.29, 0.717) is 5.95 Å². The number of para-hydroxylation sites is 5. The predicted octanol–water partition coefficient (Wildman–Crippen LogP) is 15.9. The van der Waals surface area contributed by atoms with E-state index in [2.05, 4.69) is 221 Å². The molecule has 302 valence electrons. The molecule has 14 rings (SSSR count). The third kappa shape index (κ3) is 5.39. The van der Waals surface area contributed by atoms with Crippen LogP contribution in [0, 0.1) is 0 Å². The Labute approximate surface area is 372 Å². The quantitative estimate of drug-likeness (QED) is 0.174. The van der Waals surface area contributed by atoms with Crippen molar-refractivity contribution in [3.05, 3.63) is 218 Å². The lowest BCUT2D eigenvalue weighted by Gasteiger charge is -2.15. The molecule has 65 heavy (non-hydrogen) atoms. The van der Waals surface area contributed by atoms with E-state index in [1.807, 2.05) is 6.07 Å². The van der Waals surface area contributed by atoms with Crippen LogP contribution in [-0.4, -0.2) is 19.1 Å². The molecule has 14 aromatic rings. The third-order valence-electron chi connectivity index (χ3n) is 13.3. The zero-order valence-electron chi connectivity index (χ0n) is 35.0. The van der Waals surface area contributed by atoms with Crippen LogP contribution in [0.2, 0.25) is 0 Å². The van der Waals surface area contributed by atoms with Gasteiger partial charge in [0.05, 0.1) is 38.7 Å². The monoisotopic (exact) mass is 828 g/mol. The first-order chi connectivity index (χ1) is 32.2. The van der Waals surface area contributed by atoms with E-state index in [-0.39, 0.29) is 0 Å². The minimum atomic E-state index is 0.602. The molecule has 5 heteroatoms. The van der Waals surface area contributed by atoms with E-state index in [1.54, 1.807) is 0 Å². The molecule has 0 saturated heterocycles. The molecule has 5 nitrogen and oxygen atoms in total. The Morgan fingerprint density at radius 1 is 0.369 bits per heavy atom. The molecule has 0 bridgehead atoms. The highest BCUT2D eigenvalue weighted by atomic mass is 16.3. The van der Waals surface area contributed by atoms with E-state index in [1.165, 1.54) is 32.6 Å². The molecule has 0 atom stereocenters. The molecule has 0 unspecified atom stereocenters. The smallest absolute Gasteiger partial charge is 0.235 e. The maximum absolute atomic E-state index is 6.87. The lowest BCUT2D eigenvalue weighted by atomic mass is 9.95. The highest BCUT2D eigenvalue weighted by Crippen LogP contribution is 2.46. The van der Waals surface area contributed by atoms with Gasteiger partial charge in [-0.1, -0.05) is 158 Å². The Morgan fingerprint density at radius 3 is 1.91 bits per heavy atom. The molecule has 0 N–H and O–H groups in total. The average molecular weight is 829 g/mol. The molecule has 0 amide bonds. The average Bonchev–Trinajstić information content (AvgIpc) is 4.04. The number of fused-ring (bicyclic) bond motifs is 12. The second kappa shape index (κ2) is 13.9. The fourth-order valence-electron chi connectivity index (χ4n) is 10.4. The molecule has 0 aliphatic rings. The Kier molecular flexibility index (Phi) is 7.62. The largest absolute Gasteiger partial charge is 0.455 e. The maximum atomic E-state index is 6.87.